The van der Waals surface area contributed by atoms with Crippen molar-refractivity contribution in [1.29, 1.82) is 0 Å². The molecule has 0 saturated heterocycles. The number of ether oxygens (including phenoxy) is 1. The molecule has 0 bridgehead atoms. The van der Waals surface area contributed by atoms with Crippen LogP contribution in [-0.2, 0) is 4.74 Å². The molecule has 0 radical (unpaired) electrons. The molecule has 0 saturated carbocycles. The summed E-state index contributed by atoms with van der Waals surface area (Å²) in [7, 11) is 3.22. The first-order valence-corrected chi connectivity index (χ1v) is 5.53. The van der Waals surface area contributed by atoms with Gasteiger partial charge in [-0.15, -0.1) is 0 Å². The number of carbonyl (C=O) groups is 2. The molecule has 17 heavy (non-hydrogen) atoms. The van der Waals surface area contributed by atoms with Crippen molar-refractivity contribution in [3.63, 3.8) is 0 Å². The van der Waals surface area contributed by atoms with E-state index in [1.54, 1.807) is 14.1 Å². The number of hydrogen-bond donors (Lipinski definition) is 1. The smallest absolute Gasteiger partial charge is 0.409 e. The summed E-state index contributed by atoms with van der Waals surface area (Å²) in [5.74, 6) is 0. The molecule has 1 heterocycles. The van der Waals surface area contributed by atoms with Gasteiger partial charge >= 0.3 is 12.2 Å². The Morgan fingerprint density at radius 3 is 2.71 bits per heavy atom. The standard InChI is InChI=1S/C11H18N2O4/c1-12(2)11(16)17-9-5-3-4-7-13(8-6-9)10(14)15/h3,5,9H,4,6-8H2,1-2H3,(H,14,15)/b5-3+/t9-/m1/s1. The lowest BCUT2D eigenvalue weighted by atomic mass is 10.1. The zero-order valence-electron chi connectivity index (χ0n) is 10.1. The lowest BCUT2D eigenvalue weighted by molar-refractivity contribution is 0.0822. The zero-order valence-corrected chi connectivity index (χ0v) is 10.1. The highest BCUT2D eigenvalue weighted by Gasteiger charge is 2.18. The summed E-state index contributed by atoms with van der Waals surface area (Å²) in [5.41, 5.74) is 0. The summed E-state index contributed by atoms with van der Waals surface area (Å²) in [6.45, 7) is 0.866. The van der Waals surface area contributed by atoms with E-state index in [0.717, 1.165) is 0 Å². The highest BCUT2D eigenvalue weighted by atomic mass is 16.6. The van der Waals surface area contributed by atoms with E-state index in [2.05, 4.69) is 0 Å². The Kier molecular flexibility index (Phi) is 4.81. The third-order valence-electron chi connectivity index (χ3n) is 2.49. The molecule has 0 aromatic heterocycles. The fraction of sp³-hybridized carbons (Fsp3) is 0.636. The van der Waals surface area contributed by atoms with Gasteiger partial charge in [0, 0.05) is 33.6 Å². The molecule has 1 atom stereocenters. The SMILES string of the molecule is CN(C)C(=O)O[C@@H]1/C=C/CCN(C(=O)O)CC1. The zero-order chi connectivity index (χ0) is 12.8. The monoisotopic (exact) mass is 242 g/mol. The molecule has 0 fully saturated rings. The van der Waals surface area contributed by atoms with Gasteiger partial charge in [0.25, 0.3) is 0 Å². The maximum Gasteiger partial charge on any atom is 0.409 e. The van der Waals surface area contributed by atoms with Crippen LogP contribution >= 0.6 is 0 Å². The van der Waals surface area contributed by atoms with Crippen molar-refractivity contribution in [2.45, 2.75) is 18.9 Å². The number of nitrogens with zero attached hydrogens (tertiary/aromatic N) is 2. The Bertz CT molecular complexity index is 315. The number of carboxylic acid groups (broad SMARTS) is 1. The molecule has 0 aromatic carbocycles. The molecule has 96 valence electrons. The van der Waals surface area contributed by atoms with E-state index in [0.29, 0.717) is 25.9 Å². The normalized spacial score (nSPS) is 22.2. The van der Waals surface area contributed by atoms with E-state index in [-0.39, 0.29) is 6.10 Å². The Morgan fingerprint density at radius 2 is 2.12 bits per heavy atom. The van der Waals surface area contributed by atoms with Crippen LogP contribution in [0.25, 0.3) is 0 Å². The maximum absolute atomic E-state index is 11.4. The van der Waals surface area contributed by atoms with Crippen LogP contribution in [0.4, 0.5) is 9.59 Å². The summed E-state index contributed by atoms with van der Waals surface area (Å²) in [5, 5.41) is 8.90. The summed E-state index contributed by atoms with van der Waals surface area (Å²) < 4.78 is 5.20. The molecule has 6 nitrogen and oxygen atoms in total. The van der Waals surface area contributed by atoms with Crippen LogP contribution in [0.15, 0.2) is 12.2 Å². The second-order valence-corrected chi connectivity index (χ2v) is 4.09. The number of amides is 2. The first-order chi connectivity index (χ1) is 8.00. The van der Waals surface area contributed by atoms with Gasteiger partial charge in [0.1, 0.15) is 6.10 Å². The van der Waals surface area contributed by atoms with Gasteiger partial charge in [0.05, 0.1) is 0 Å². The van der Waals surface area contributed by atoms with E-state index in [9.17, 15) is 9.59 Å². The average molecular weight is 242 g/mol. The van der Waals surface area contributed by atoms with E-state index in [1.807, 2.05) is 12.2 Å². The predicted molar refractivity (Wildman–Crippen MR) is 61.9 cm³/mol. The third-order valence-corrected chi connectivity index (χ3v) is 2.49. The van der Waals surface area contributed by atoms with E-state index in [1.165, 1.54) is 9.80 Å². The van der Waals surface area contributed by atoms with Gasteiger partial charge in [0.2, 0.25) is 0 Å². The Balaban J connectivity index is 2.54. The Hall–Kier alpha value is -1.72. The molecule has 6 heteroatoms. The quantitative estimate of drug-likeness (QED) is 0.705. The van der Waals surface area contributed by atoms with Crippen LogP contribution < -0.4 is 0 Å². The van der Waals surface area contributed by atoms with Crippen molar-refractivity contribution in [3.8, 4) is 0 Å². The topological polar surface area (TPSA) is 70.1 Å². The average Bonchev–Trinajstić information content (AvgIpc) is 2.21. The molecule has 0 aromatic rings. The van der Waals surface area contributed by atoms with Gasteiger partial charge in [-0.3, -0.25) is 0 Å². The molecule has 0 aliphatic carbocycles. The molecule has 1 aliphatic heterocycles. The maximum atomic E-state index is 11.4. The van der Waals surface area contributed by atoms with E-state index in [4.69, 9.17) is 9.84 Å². The number of hydrogen-bond acceptors (Lipinski definition) is 3. The van der Waals surface area contributed by atoms with E-state index < -0.39 is 12.2 Å². The van der Waals surface area contributed by atoms with Crippen molar-refractivity contribution in [3.05, 3.63) is 12.2 Å². The van der Waals surface area contributed by atoms with Gasteiger partial charge in [-0.05, 0) is 12.5 Å². The fourth-order valence-electron chi connectivity index (χ4n) is 1.49. The minimum atomic E-state index is -0.932. The molecule has 1 rings (SSSR count). The van der Waals surface area contributed by atoms with Crippen LogP contribution in [0.2, 0.25) is 0 Å². The van der Waals surface area contributed by atoms with Crippen molar-refractivity contribution >= 4 is 12.2 Å². The lowest BCUT2D eigenvalue weighted by Gasteiger charge is -2.24. The summed E-state index contributed by atoms with van der Waals surface area (Å²) in [6.07, 6.45) is 3.10. The van der Waals surface area contributed by atoms with Gasteiger partial charge in [0.15, 0.2) is 0 Å². The first-order valence-electron chi connectivity index (χ1n) is 5.53. The van der Waals surface area contributed by atoms with Crippen LogP contribution in [0.5, 0.6) is 0 Å². The summed E-state index contributed by atoms with van der Waals surface area (Å²) in [4.78, 5) is 24.9. The molecule has 2 amide bonds. The second kappa shape index (κ2) is 6.12. The molecular formula is C11H18N2O4. The number of carbonyl (C=O) groups excluding carboxylic acids is 1. The second-order valence-electron chi connectivity index (χ2n) is 4.09. The molecule has 1 N–H and O–H groups in total. The minimum Gasteiger partial charge on any atom is -0.465 e. The van der Waals surface area contributed by atoms with Gasteiger partial charge in [-0.25, -0.2) is 9.59 Å². The lowest BCUT2D eigenvalue weighted by Crippen LogP contribution is -2.35. The molecule has 0 unspecified atom stereocenters. The fourth-order valence-corrected chi connectivity index (χ4v) is 1.49. The van der Waals surface area contributed by atoms with Crippen molar-refractivity contribution < 1.29 is 19.4 Å². The van der Waals surface area contributed by atoms with Crippen molar-refractivity contribution in [2.75, 3.05) is 27.2 Å². The Labute approximate surface area is 100 Å². The summed E-state index contributed by atoms with van der Waals surface area (Å²) >= 11 is 0. The highest BCUT2D eigenvalue weighted by Crippen LogP contribution is 2.09. The molecule has 1 aliphatic rings. The predicted octanol–water partition coefficient (Wildman–Crippen LogP) is 1.38. The van der Waals surface area contributed by atoms with Crippen molar-refractivity contribution in [2.24, 2.45) is 0 Å². The van der Waals surface area contributed by atoms with Gasteiger partial charge in [-0.2, -0.15) is 0 Å². The van der Waals surface area contributed by atoms with Gasteiger partial charge < -0.3 is 19.6 Å². The minimum absolute atomic E-state index is 0.355. The third kappa shape index (κ3) is 4.34. The van der Waals surface area contributed by atoms with Crippen LogP contribution in [0, 0.1) is 0 Å². The number of rotatable bonds is 1. The van der Waals surface area contributed by atoms with Crippen LogP contribution in [0.1, 0.15) is 12.8 Å². The Morgan fingerprint density at radius 1 is 1.41 bits per heavy atom. The van der Waals surface area contributed by atoms with Crippen LogP contribution in [0.3, 0.4) is 0 Å². The molecule has 0 spiro atoms. The largest absolute Gasteiger partial charge is 0.465 e. The van der Waals surface area contributed by atoms with Crippen LogP contribution in [-0.4, -0.2) is 60.4 Å². The molecular weight excluding hydrogens is 224 g/mol. The van der Waals surface area contributed by atoms with Gasteiger partial charge in [-0.1, -0.05) is 6.08 Å². The van der Waals surface area contributed by atoms with E-state index >= 15 is 0 Å². The summed E-state index contributed by atoms with van der Waals surface area (Å²) in [6, 6.07) is 0. The first kappa shape index (κ1) is 13.3. The van der Waals surface area contributed by atoms with Crippen molar-refractivity contribution in [1.82, 2.24) is 9.80 Å². The highest BCUT2D eigenvalue weighted by molar-refractivity contribution is 5.67.